The summed E-state index contributed by atoms with van der Waals surface area (Å²) in [6.07, 6.45) is 2.90. The fourth-order valence-electron chi connectivity index (χ4n) is 1.91. The first-order valence-corrected chi connectivity index (χ1v) is 6.65. The number of nitrogens with zero attached hydrogens (tertiary/aromatic N) is 1. The van der Waals surface area contributed by atoms with Gasteiger partial charge in [0.2, 0.25) is 6.10 Å². The Morgan fingerprint density at radius 1 is 1.45 bits per heavy atom. The molecule has 1 atom stereocenters. The molecule has 1 aliphatic rings. The molecule has 0 amide bonds. The number of carbonyl (C=O) groups excluding carboxylic acids is 1. The lowest BCUT2D eigenvalue weighted by molar-refractivity contribution is -0.151. The summed E-state index contributed by atoms with van der Waals surface area (Å²) in [5.74, 6) is -1.17. The van der Waals surface area contributed by atoms with Gasteiger partial charge >= 0.3 is 11.9 Å². The van der Waals surface area contributed by atoms with Crippen LogP contribution in [-0.4, -0.2) is 36.0 Å². The Morgan fingerprint density at radius 3 is 2.70 bits per heavy atom. The first-order chi connectivity index (χ1) is 9.43. The Bertz CT molecular complexity index is 425. The van der Waals surface area contributed by atoms with Crippen LogP contribution in [0.15, 0.2) is 16.8 Å². The van der Waals surface area contributed by atoms with Gasteiger partial charge in [0.05, 0.1) is 19.2 Å². The number of hydrogen-bond donors (Lipinski definition) is 1. The highest BCUT2D eigenvalue weighted by Gasteiger charge is 2.23. The third kappa shape index (κ3) is 5.03. The van der Waals surface area contributed by atoms with E-state index in [1.54, 1.807) is 0 Å². The van der Waals surface area contributed by atoms with Gasteiger partial charge in [-0.25, -0.2) is 4.79 Å². The van der Waals surface area contributed by atoms with Crippen LogP contribution in [0.4, 0.5) is 0 Å². The van der Waals surface area contributed by atoms with E-state index in [1.807, 2.05) is 19.9 Å². The number of ether oxygens (including phenoxy) is 1. The zero-order chi connectivity index (χ0) is 15.1. The number of carboxylic acids is 1. The predicted octanol–water partition coefficient (Wildman–Crippen LogP) is 2.14. The monoisotopic (exact) mass is 283 g/mol. The summed E-state index contributed by atoms with van der Waals surface area (Å²) >= 11 is 0. The Labute approximate surface area is 118 Å². The summed E-state index contributed by atoms with van der Waals surface area (Å²) < 4.78 is 4.61. The zero-order valence-electron chi connectivity index (χ0n) is 12.1. The van der Waals surface area contributed by atoms with Gasteiger partial charge in [-0.2, -0.15) is 0 Å². The fraction of sp³-hybridized carbons (Fsp3) is 0.643. The molecule has 0 heterocycles. The zero-order valence-corrected chi connectivity index (χ0v) is 12.1. The van der Waals surface area contributed by atoms with Crippen LogP contribution in [0.3, 0.4) is 0 Å². The minimum absolute atomic E-state index is 0.139. The van der Waals surface area contributed by atoms with Crippen LogP contribution in [-0.2, 0) is 19.2 Å². The Kier molecular flexibility index (Phi) is 6.21. The highest BCUT2D eigenvalue weighted by atomic mass is 16.6. The molecule has 0 fully saturated rings. The summed E-state index contributed by atoms with van der Waals surface area (Å²) in [4.78, 5) is 27.5. The van der Waals surface area contributed by atoms with Gasteiger partial charge in [-0.05, 0) is 24.3 Å². The number of carboxylic acid groups (broad SMARTS) is 1. The first-order valence-electron chi connectivity index (χ1n) is 6.65. The molecule has 0 bridgehead atoms. The lowest BCUT2D eigenvalue weighted by Gasteiger charge is -2.13. The van der Waals surface area contributed by atoms with E-state index in [4.69, 9.17) is 9.94 Å². The van der Waals surface area contributed by atoms with Crippen molar-refractivity contribution in [2.24, 2.45) is 11.1 Å². The van der Waals surface area contributed by atoms with Crippen LogP contribution >= 0.6 is 0 Å². The van der Waals surface area contributed by atoms with Crippen molar-refractivity contribution in [3.8, 4) is 0 Å². The number of hydrogen-bond acceptors (Lipinski definition) is 5. The molecule has 0 radical (unpaired) electrons. The van der Waals surface area contributed by atoms with Crippen LogP contribution in [0.25, 0.3) is 0 Å². The number of allylic oxidation sites excluding steroid dienone is 1. The molecule has 6 heteroatoms. The number of oxime groups is 1. The maximum absolute atomic E-state index is 11.3. The normalized spacial score (nSPS) is 18.0. The molecule has 0 spiro atoms. The van der Waals surface area contributed by atoms with Gasteiger partial charge in [-0.1, -0.05) is 25.1 Å². The van der Waals surface area contributed by atoms with E-state index < -0.39 is 12.1 Å². The summed E-state index contributed by atoms with van der Waals surface area (Å²) in [5, 5.41) is 13.0. The minimum Gasteiger partial charge on any atom is -0.478 e. The summed E-state index contributed by atoms with van der Waals surface area (Å²) in [7, 11) is 1.33. The number of aliphatic carboxylic acids is 1. The maximum Gasteiger partial charge on any atom is 0.347 e. The molecule has 0 aliphatic heterocycles. The van der Waals surface area contributed by atoms with E-state index in [0.717, 1.165) is 12.0 Å². The van der Waals surface area contributed by atoms with Crippen molar-refractivity contribution in [1.82, 2.24) is 0 Å². The van der Waals surface area contributed by atoms with Crippen LogP contribution in [0.1, 0.15) is 39.5 Å². The van der Waals surface area contributed by atoms with Crippen LogP contribution in [0, 0.1) is 5.92 Å². The van der Waals surface area contributed by atoms with E-state index in [9.17, 15) is 9.59 Å². The highest BCUT2D eigenvalue weighted by Crippen LogP contribution is 2.20. The Hall–Kier alpha value is -1.85. The summed E-state index contributed by atoms with van der Waals surface area (Å²) in [6.45, 7) is 3.84. The molecule has 1 N–H and O–H groups in total. The molecule has 0 unspecified atom stereocenters. The maximum atomic E-state index is 11.3. The summed E-state index contributed by atoms with van der Waals surface area (Å²) in [5.41, 5.74) is 1.39. The van der Waals surface area contributed by atoms with Crippen molar-refractivity contribution in [2.75, 3.05) is 7.11 Å². The second kappa shape index (κ2) is 7.67. The highest BCUT2D eigenvalue weighted by molar-refractivity contribution is 6.04. The molecule has 112 valence electrons. The second-order valence-electron chi connectivity index (χ2n) is 5.12. The van der Waals surface area contributed by atoms with Crippen molar-refractivity contribution >= 4 is 17.7 Å². The van der Waals surface area contributed by atoms with Crippen molar-refractivity contribution in [3.05, 3.63) is 11.6 Å². The SMILES string of the molecule is COC(=O)CC1=CCC/C1=N/O[C@H](CC(C)C)C(=O)O. The predicted molar refractivity (Wildman–Crippen MR) is 73.3 cm³/mol. The van der Waals surface area contributed by atoms with Gasteiger partial charge in [-0.15, -0.1) is 0 Å². The molecule has 0 aromatic heterocycles. The third-order valence-electron chi connectivity index (χ3n) is 2.96. The quantitative estimate of drug-likeness (QED) is 0.571. The average Bonchev–Trinajstić information content (AvgIpc) is 2.80. The first kappa shape index (κ1) is 16.2. The van der Waals surface area contributed by atoms with Gasteiger partial charge in [0, 0.05) is 6.42 Å². The van der Waals surface area contributed by atoms with E-state index >= 15 is 0 Å². The number of methoxy groups -OCH3 is 1. The van der Waals surface area contributed by atoms with Gasteiger partial charge in [-0.3, -0.25) is 4.79 Å². The van der Waals surface area contributed by atoms with Gasteiger partial charge in [0.1, 0.15) is 0 Å². The minimum atomic E-state index is -1.03. The molecule has 1 aliphatic carbocycles. The molecule has 1 rings (SSSR count). The van der Waals surface area contributed by atoms with Crippen LogP contribution in [0.2, 0.25) is 0 Å². The largest absolute Gasteiger partial charge is 0.478 e. The molecule has 20 heavy (non-hydrogen) atoms. The van der Waals surface area contributed by atoms with Crippen molar-refractivity contribution < 1.29 is 24.3 Å². The fourth-order valence-corrected chi connectivity index (χ4v) is 1.91. The summed E-state index contributed by atoms with van der Waals surface area (Å²) in [6, 6.07) is 0. The number of rotatable bonds is 7. The molecule has 6 nitrogen and oxygen atoms in total. The number of carbonyl (C=O) groups is 2. The molecule has 0 saturated heterocycles. The van der Waals surface area contributed by atoms with Crippen molar-refractivity contribution in [1.29, 1.82) is 0 Å². The lowest BCUT2D eigenvalue weighted by Crippen LogP contribution is -2.24. The van der Waals surface area contributed by atoms with Gasteiger partial charge in [0.25, 0.3) is 0 Å². The lowest BCUT2D eigenvalue weighted by atomic mass is 10.1. The Balaban J connectivity index is 2.65. The standard InChI is InChI=1S/C14H21NO5/c1-9(2)7-12(14(17)18)20-15-11-6-4-5-10(11)8-13(16)19-3/h5,9,12H,4,6-8H2,1-3H3,(H,17,18)/b15-11-/t12-/m1/s1. The van der Waals surface area contributed by atoms with E-state index in [2.05, 4.69) is 9.89 Å². The number of esters is 1. The van der Waals surface area contributed by atoms with Crippen LogP contribution < -0.4 is 0 Å². The third-order valence-corrected chi connectivity index (χ3v) is 2.96. The van der Waals surface area contributed by atoms with Crippen molar-refractivity contribution in [3.63, 3.8) is 0 Å². The second-order valence-corrected chi connectivity index (χ2v) is 5.12. The molecule has 0 saturated carbocycles. The van der Waals surface area contributed by atoms with Gasteiger partial charge < -0.3 is 14.7 Å². The van der Waals surface area contributed by atoms with E-state index in [1.165, 1.54) is 7.11 Å². The van der Waals surface area contributed by atoms with E-state index in [-0.39, 0.29) is 18.3 Å². The average molecular weight is 283 g/mol. The molecule has 0 aromatic carbocycles. The topological polar surface area (TPSA) is 85.2 Å². The van der Waals surface area contributed by atoms with Gasteiger partial charge in [0.15, 0.2) is 0 Å². The van der Waals surface area contributed by atoms with E-state index in [0.29, 0.717) is 18.6 Å². The Morgan fingerprint density at radius 2 is 2.15 bits per heavy atom. The molecular weight excluding hydrogens is 262 g/mol. The van der Waals surface area contributed by atoms with Crippen molar-refractivity contribution in [2.45, 2.75) is 45.6 Å². The van der Waals surface area contributed by atoms with Crippen LogP contribution in [0.5, 0.6) is 0 Å². The molecule has 0 aromatic rings. The molecular formula is C14H21NO5. The smallest absolute Gasteiger partial charge is 0.347 e.